The van der Waals surface area contributed by atoms with Gasteiger partial charge < -0.3 is 5.32 Å². The first-order valence-electron chi connectivity index (χ1n) is 5.33. The van der Waals surface area contributed by atoms with Crippen LogP contribution in [0.1, 0.15) is 27.2 Å². The molecule has 0 saturated carbocycles. The zero-order valence-electron chi connectivity index (χ0n) is 9.78. The highest BCUT2D eigenvalue weighted by Gasteiger charge is 2.15. The quantitative estimate of drug-likeness (QED) is 0.903. The molecule has 0 aliphatic carbocycles. The van der Waals surface area contributed by atoms with Crippen molar-refractivity contribution < 1.29 is 0 Å². The summed E-state index contributed by atoms with van der Waals surface area (Å²) < 4.78 is 0. The van der Waals surface area contributed by atoms with Crippen LogP contribution < -0.4 is 5.32 Å². The second-order valence-corrected chi connectivity index (χ2v) is 5.88. The number of hydrogen-bond acceptors (Lipinski definition) is 4. The van der Waals surface area contributed by atoms with Crippen molar-refractivity contribution in [1.82, 2.24) is 10.3 Å². The van der Waals surface area contributed by atoms with Crippen molar-refractivity contribution in [3.8, 4) is 0 Å². The van der Waals surface area contributed by atoms with Gasteiger partial charge in [0.25, 0.3) is 0 Å². The Balaban J connectivity index is 2.15. The molecule has 0 aromatic carbocycles. The molecule has 1 atom stereocenters. The summed E-state index contributed by atoms with van der Waals surface area (Å²) in [5, 5.41) is 8.83. The maximum Gasteiger partial charge on any atom is 0.0897 e. The van der Waals surface area contributed by atoms with Crippen LogP contribution in [-0.4, -0.2) is 12.0 Å². The Hall–Kier alpha value is -0.710. The Labute approximate surface area is 104 Å². The van der Waals surface area contributed by atoms with Crippen LogP contribution in [0.2, 0.25) is 0 Å². The average molecular weight is 252 g/mol. The Bertz CT molecular complexity index is 459. The van der Waals surface area contributed by atoms with E-state index in [1.165, 1.54) is 16.1 Å². The fraction of sp³-hybridized carbons (Fsp3) is 0.417. The second kappa shape index (κ2) is 5.08. The monoisotopic (exact) mass is 252 g/mol. The van der Waals surface area contributed by atoms with E-state index < -0.39 is 0 Å². The Kier molecular flexibility index (Phi) is 3.74. The molecule has 0 radical (unpaired) electrons. The number of likely N-dealkylation sites (N-methyl/N-ethyl adjacent to an activating group) is 1. The van der Waals surface area contributed by atoms with Gasteiger partial charge in [0, 0.05) is 22.7 Å². The number of nitrogens with one attached hydrogen (secondary N) is 1. The van der Waals surface area contributed by atoms with Gasteiger partial charge in [-0.1, -0.05) is 0 Å². The smallest absolute Gasteiger partial charge is 0.0897 e. The van der Waals surface area contributed by atoms with Crippen molar-refractivity contribution in [1.29, 1.82) is 0 Å². The van der Waals surface area contributed by atoms with Gasteiger partial charge in [0.15, 0.2) is 0 Å². The summed E-state index contributed by atoms with van der Waals surface area (Å²) in [5.41, 5.74) is 2.56. The van der Waals surface area contributed by atoms with Crippen molar-refractivity contribution in [2.24, 2.45) is 0 Å². The topological polar surface area (TPSA) is 24.9 Å². The van der Waals surface area contributed by atoms with Gasteiger partial charge in [0.1, 0.15) is 0 Å². The molecule has 2 nitrogen and oxygen atoms in total. The number of rotatable bonds is 4. The van der Waals surface area contributed by atoms with Crippen LogP contribution >= 0.6 is 22.7 Å². The summed E-state index contributed by atoms with van der Waals surface area (Å²) in [6.45, 7) is 4.22. The molecule has 2 heterocycles. The Morgan fingerprint density at radius 1 is 1.38 bits per heavy atom. The number of nitrogens with zero attached hydrogens (tertiary/aromatic N) is 1. The lowest BCUT2D eigenvalue weighted by atomic mass is 10.1. The summed E-state index contributed by atoms with van der Waals surface area (Å²) >= 11 is 3.54. The standard InChI is InChI=1S/C12H16N2S2/c1-8-4-5-15-12(8)11(13-3)6-10-7-16-9(2)14-10/h4-5,7,11,13H,6H2,1-3H3. The van der Waals surface area contributed by atoms with E-state index in [1.54, 1.807) is 11.3 Å². The van der Waals surface area contributed by atoms with Gasteiger partial charge in [-0.3, -0.25) is 0 Å². The van der Waals surface area contributed by atoms with E-state index in [-0.39, 0.29) is 0 Å². The lowest BCUT2D eigenvalue weighted by Gasteiger charge is -2.14. The average Bonchev–Trinajstić information content (AvgIpc) is 2.84. The zero-order valence-corrected chi connectivity index (χ0v) is 11.4. The van der Waals surface area contributed by atoms with Gasteiger partial charge in [-0.25, -0.2) is 4.98 Å². The normalized spacial score (nSPS) is 12.9. The first kappa shape index (κ1) is 11.8. The molecule has 2 rings (SSSR count). The number of aryl methyl sites for hydroxylation is 2. The van der Waals surface area contributed by atoms with E-state index in [0.29, 0.717) is 6.04 Å². The molecule has 4 heteroatoms. The zero-order chi connectivity index (χ0) is 11.5. The van der Waals surface area contributed by atoms with Crippen molar-refractivity contribution in [2.75, 3.05) is 7.05 Å². The Morgan fingerprint density at radius 3 is 2.69 bits per heavy atom. The van der Waals surface area contributed by atoms with Crippen molar-refractivity contribution in [3.05, 3.63) is 38.0 Å². The first-order valence-corrected chi connectivity index (χ1v) is 7.09. The second-order valence-electron chi connectivity index (χ2n) is 3.87. The highest BCUT2D eigenvalue weighted by atomic mass is 32.1. The first-order chi connectivity index (χ1) is 7.70. The lowest BCUT2D eigenvalue weighted by molar-refractivity contribution is 0.593. The van der Waals surface area contributed by atoms with Crippen LogP contribution in [0.3, 0.4) is 0 Å². The van der Waals surface area contributed by atoms with Crippen LogP contribution in [0.5, 0.6) is 0 Å². The largest absolute Gasteiger partial charge is 0.312 e. The molecular weight excluding hydrogens is 236 g/mol. The summed E-state index contributed by atoms with van der Waals surface area (Å²) in [7, 11) is 2.02. The van der Waals surface area contributed by atoms with E-state index in [2.05, 4.69) is 41.0 Å². The molecule has 0 saturated heterocycles. The molecular formula is C12H16N2S2. The molecule has 0 bridgehead atoms. The van der Waals surface area contributed by atoms with Crippen LogP contribution in [0.15, 0.2) is 16.8 Å². The minimum absolute atomic E-state index is 0.390. The molecule has 0 aliphatic heterocycles. The molecule has 2 aromatic heterocycles. The highest BCUT2D eigenvalue weighted by molar-refractivity contribution is 7.10. The molecule has 0 fully saturated rings. The Morgan fingerprint density at radius 2 is 2.19 bits per heavy atom. The van der Waals surface area contributed by atoms with Crippen molar-refractivity contribution >= 4 is 22.7 Å². The summed E-state index contributed by atoms with van der Waals surface area (Å²) in [6, 6.07) is 2.57. The van der Waals surface area contributed by atoms with Crippen LogP contribution in [0.4, 0.5) is 0 Å². The van der Waals surface area contributed by atoms with Gasteiger partial charge in [0.2, 0.25) is 0 Å². The fourth-order valence-electron chi connectivity index (χ4n) is 1.78. The van der Waals surface area contributed by atoms with Gasteiger partial charge in [-0.05, 0) is 37.9 Å². The molecule has 16 heavy (non-hydrogen) atoms. The third kappa shape index (κ3) is 2.51. The van der Waals surface area contributed by atoms with E-state index in [0.717, 1.165) is 11.4 Å². The number of hydrogen-bond donors (Lipinski definition) is 1. The maximum absolute atomic E-state index is 4.52. The van der Waals surface area contributed by atoms with Crippen molar-refractivity contribution in [3.63, 3.8) is 0 Å². The molecule has 0 spiro atoms. The minimum Gasteiger partial charge on any atom is -0.312 e. The van der Waals surface area contributed by atoms with Gasteiger partial charge in [0.05, 0.1) is 10.7 Å². The summed E-state index contributed by atoms with van der Waals surface area (Å²) in [6.07, 6.45) is 0.974. The highest BCUT2D eigenvalue weighted by Crippen LogP contribution is 2.26. The predicted molar refractivity (Wildman–Crippen MR) is 71.4 cm³/mol. The van der Waals surface area contributed by atoms with E-state index >= 15 is 0 Å². The SMILES string of the molecule is CNC(Cc1csc(C)n1)c1sccc1C. The van der Waals surface area contributed by atoms with Gasteiger partial charge >= 0.3 is 0 Å². The van der Waals surface area contributed by atoms with Crippen LogP contribution in [0.25, 0.3) is 0 Å². The van der Waals surface area contributed by atoms with Gasteiger partial charge in [-0.2, -0.15) is 0 Å². The van der Waals surface area contributed by atoms with Crippen molar-refractivity contribution in [2.45, 2.75) is 26.3 Å². The number of aromatic nitrogens is 1. The van der Waals surface area contributed by atoms with E-state index in [1.807, 2.05) is 18.4 Å². The van der Waals surface area contributed by atoms with Crippen LogP contribution in [-0.2, 0) is 6.42 Å². The van der Waals surface area contributed by atoms with E-state index in [4.69, 9.17) is 0 Å². The summed E-state index contributed by atoms with van der Waals surface area (Å²) in [4.78, 5) is 5.95. The minimum atomic E-state index is 0.390. The third-order valence-corrected chi connectivity index (χ3v) is 4.60. The third-order valence-electron chi connectivity index (χ3n) is 2.65. The van der Waals surface area contributed by atoms with Crippen LogP contribution in [0, 0.1) is 13.8 Å². The molecule has 0 amide bonds. The molecule has 0 aliphatic rings. The van der Waals surface area contributed by atoms with E-state index in [9.17, 15) is 0 Å². The lowest BCUT2D eigenvalue weighted by Crippen LogP contribution is -2.18. The molecule has 86 valence electrons. The molecule has 1 unspecified atom stereocenters. The molecule has 1 N–H and O–H groups in total. The summed E-state index contributed by atoms with van der Waals surface area (Å²) in [5.74, 6) is 0. The molecule has 2 aromatic rings. The number of thiazole rings is 1. The predicted octanol–water partition coefficient (Wildman–Crippen LogP) is 3.32. The number of thiophene rings is 1. The van der Waals surface area contributed by atoms with Gasteiger partial charge in [-0.15, -0.1) is 22.7 Å². The fourth-order valence-corrected chi connectivity index (χ4v) is 3.44. The maximum atomic E-state index is 4.52.